The molecule has 1 heterocycles. The van der Waals surface area contributed by atoms with Crippen molar-refractivity contribution in [3.8, 4) is 0 Å². The maximum Gasteiger partial charge on any atom is 0.303 e. The SMILES string of the molecule is CC(=O)O[C@@H]1[CH][C@@]2(O)[C@H](C)CC[C@@H](C(C)CN3CCN(C4CC4)CC3)[C@H]2C=C1C. The van der Waals surface area contributed by atoms with Gasteiger partial charge < -0.3 is 14.7 Å². The van der Waals surface area contributed by atoms with Crippen molar-refractivity contribution in [2.45, 2.75) is 71.1 Å². The summed E-state index contributed by atoms with van der Waals surface area (Å²) in [6, 6.07) is 0.875. The molecule has 0 bridgehead atoms. The molecule has 0 aromatic heterocycles. The van der Waals surface area contributed by atoms with Crippen molar-refractivity contribution in [3.05, 3.63) is 18.1 Å². The Bertz CT molecular complexity index is 638. The topological polar surface area (TPSA) is 53.0 Å². The lowest BCUT2D eigenvalue weighted by Crippen LogP contribution is -2.57. The quantitative estimate of drug-likeness (QED) is 0.565. The molecule has 0 aromatic rings. The molecule has 2 saturated carbocycles. The van der Waals surface area contributed by atoms with Gasteiger partial charge in [0.25, 0.3) is 0 Å². The molecular weight excluding hydrogens is 364 g/mol. The van der Waals surface area contributed by atoms with Crippen molar-refractivity contribution in [3.63, 3.8) is 0 Å². The third-order valence-electron chi connectivity index (χ3n) is 8.07. The zero-order valence-corrected chi connectivity index (χ0v) is 18.6. The zero-order chi connectivity index (χ0) is 20.8. The summed E-state index contributed by atoms with van der Waals surface area (Å²) in [5.74, 6) is 0.998. The smallest absolute Gasteiger partial charge is 0.303 e. The summed E-state index contributed by atoms with van der Waals surface area (Å²) in [4.78, 5) is 16.8. The summed E-state index contributed by atoms with van der Waals surface area (Å²) in [6.45, 7) is 13.9. The molecule has 1 unspecified atom stereocenters. The van der Waals surface area contributed by atoms with E-state index in [0.717, 1.165) is 31.0 Å². The number of rotatable bonds is 5. The maximum absolute atomic E-state index is 11.7. The van der Waals surface area contributed by atoms with Gasteiger partial charge in [0, 0.05) is 58.0 Å². The van der Waals surface area contributed by atoms with Gasteiger partial charge in [0.05, 0.1) is 5.60 Å². The van der Waals surface area contributed by atoms with E-state index < -0.39 is 11.7 Å². The number of hydrogen-bond acceptors (Lipinski definition) is 5. The highest BCUT2D eigenvalue weighted by molar-refractivity contribution is 5.66. The van der Waals surface area contributed by atoms with Crippen LogP contribution in [0, 0.1) is 30.1 Å². The Labute approximate surface area is 176 Å². The lowest BCUT2D eigenvalue weighted by Gasteiger charge is -2.53. The van der Waals surface area contributed by atoms with Gasteiger partial charge in [-0.25, -0.2) is 0 Å². The highest BCUT2D eigenvalue weighted by atomic mass is 16.5. The third-order valence-corrected chi connectivity index (χ3v) is 8.07. The lowest BCUT2D eigenvalue weighted by atomic mass is 9.57. The standard InChI is InChI=1S/C24H39N2O3/c1-16-13-22-21(8-5-18(3)24(22,28)14-23(16)29-19(4)27)17(2)15-25-9-11-26(12-10-25)20-6-7-20/h13-14,17-18,20-23,28H,5-12,15H2,1-4H3/t17?,18-,21+,22-,23-,24-/m1/s1. The second-order valence-electron chi connectivity index (χ2n) is 10.2. The minimum atomic E-state index is -0.887. The van der Waals surface area contributed by atoms with Gasteiger partial charge in [0.15, 0.2) is 0 Å². The van der Waals surface area contributed by atoms with Gasteiger partial charge in [-0.3, -0.25) is 9.69 Å². The van der Waals surface area contributed by atoms with E-state index >= 15 is 0 Å². The number of nitrogens with zero attached hydrogens (tertiary/aromatic N) is 2. The Morgan fingerprint density at radius 2 is 1.93 bits per heavy atom. The number of esters is 1. The summed E-state index contributed by atoms with van der Waals surface area (Å²) >= 11 is 0. The lowest BCUT2D eigenvalue weighted by molar-refractivity contribution is -0.148. The number of ether oxygens (including phenoxy) is 1. The molecule has 0 amide bonds. The van der Waals surface area contributed by atoms with Crippen LogP contribution < -0.4 is 0 Å². The van der Waals surface area contributed by atoms with E-state index in [-0.39, 0.29) is 17.8 Å². The largest absolute Gasteiger partial charge is 0.458 e. The van der Waals surface area contributed by atoms with Crippen molar-refractivity contribution < 1.29 is 14.6 Å². The summed E-state index contributed by atoms with van der Waals surface area (Å²) in [6.07, 6.45) is 8.71. The Morgan fingerprint density at radius 3 is 2.55 bits per heavy atom. The fourth-order valence-electron chi connectivity index (χ4n) is 6.05. The van der Waals surface area contributed by atoms with Crippen LogP contribution in [-0.2, 0) is 9.53 Å². The molecule has 0 spiro atoms. The van der Waals surface area contributed by atoms with Crippen LogP contribution in [0.25, 0.3) is 0 Å². The van der Waals surface area contributed by atoms with Gasteiger partial charge in [0.1, 0.15) is 6.10 Å². The number of fused-ring (bicyclic) bond motifs is 1. The Balaban J connectivity index is 1.43. The predicted octanol–water partition coefficient (Wildman–Crippen LogP) is 2.89. The molecule has 1 saturated heterocycles. The Hall–Kier alpha value is -0.910. The molecule has 0 aromatic carbocycles. The van der Waals surface area contributed by atoms with Crippen molar-refractivity contribution in [1.82, 2.24) is 9.80 Å². The normalized spacial score (nSPS) is 40.1. The highest BCUT2D eigenvalue weighted by Gasteiger charge is 2.53. The maximum atomic E-state index is 11.7. The van der Waals surface area contributed by atoms with E-state index in [1.165, 1.54) is 45.9 Å². The van der Waals surface area contributed by atoms with Gasteiger partial charge in [0.2, 0.25) is 0 Å². The van der Waals surface area contributed by atoms with E-state index in [9.17, 15) is 9.90 Å². The molecule has 1 aliphatic heterocycles. The van der Waals surface area contributed by atoms with Crippen LogP contribution in [0.3, 0.4) is 0 Å². The first kappa shape index (κ1) is 21.3. The van der Waals surface area contributed by atoms with Crippen molar-refractivity contribution in [2.24, 2.45) is 23.7 Å². The van der Waals surface area contributed by atoms with E-state index in [0.29, 0.717) is 11.8 Å². The molecule has 29 heavy (non-hydrogen) atoms. The van der Waals surface area contributed by atoms with Crippen LogP contribution in [0.2, 0.25) is 0 Å². The third kappa shape index (κ3) is 4.42. The number of piperazine rings is 1. The average Bonchev–Trinajstić information content (AvgIpc) is 3.50. The fourth-order valence-corrected chi connectivity index (χ4v) is 6.05. The zero-order valence-electron chi connectivity index (χ0n) is 18.6. The van der Waals surface area contributed by atoms with Crippen LogP contribution >= 0.6 is 0 Å². The fraction of sp³-hybridized carbons (Fsp3) is 0.833. The van der Waals surface area contributed by atoms with Crippen molar-refractivity contribution in [2.75, 3.05) is 32.7 Å². The highest BCUT2D eigenvalue weighted by Crippen LogP contribution is 2.50. The van der Waals surface area contributed by atoms with E-state index in [1.54, 1.807) is 0 Å². The number of carbonyl (C=O) groups is 1. The Kier molecular flexibility index (Phi) is 6.12. The van der Waals surface area contributed by atoms with Gasteiger partial charge in [-0.05, 0) is 55.9 Å². The Morgan fingerprint density at radius 1 is 1.24 bits per heavy atom. The van der Waals surface area contributed by atoms with Crippen LogP contribution in [0.1, 0.15) is 53.4 Å². The van der Waals surface area contributed by atoms with E-state index in [4.69, 9.17) is 4.74 Å². The van der Waals surface area contributed by atoms with Crippen LogP contribution in [0.4, 0.5) is 0 Å². The van der Waals surface area contributed by atoms with Gasteiger partial charge in [-0.2, -0.15) is 0 Å². The van der Waals surface area contributed by atoms with Crippen molar-refractivity contribution in [1.29, 1.82) is 0 Å². The van der Waals surface area contributed by atoms with E-state index in [2.05, 4.69) is 29.7 Å². The molecule has 1 radical (unpaired) electrons. The molecule has 4 rings (SSSR count). The van der Waals surface area contributed by atoms with Crippen molar-refractivity contribution >= 4 is 5.97 Å². The van der Waals surface area contributed by atoms with Gasteiger partial charge in [-0.15, -0.1) is 0 Å². The van der Waals surface area contributed by atoms with Crippen LogP contribution in [0.5, 0.6) is 0 Å². The molecular formula is C24H39N2O3. The first-order chi connectivity index (χ1) is 13.8. The second-order valence-corrected chi connectivity index (χ2v) is 10.2. The minimum absolute atomic E-state index is 0.112. The summed E-state index contributed by atoms with van der Waals surface area (Å²) < 4.78 is 5.48. The average molecular weight is 404 g/mol. The summed E-state index contributed by atoms with van der Waals surface area (Å²) in [5.41, 5.74) is 0.167. The first-order valence-corrected chi connectivity index (χ1v) is 11.7. The molecule has 3 fully saturated rings. The summed E-state index contributed by atoms with van der Waals surface area (Å²) in [7, 11) is 0. The molecule has 3 aliphatic carbocycles. The molecule has 1 N–H and O–H groups in total. The van der Waals surface area contributed by atoms with Crippen LogP contribution in [-0.4, -0.2) is 71.3 Å². The van der Waals surface area contributed by atoms with E-state index in [1.807, 2.05) is 13.3 Å². The number of aliphatic hydroxyl groups is 1. The summed E-state index contributed by atoms with van der Waals surface area (Å²) in [5, 5.41) is 11.7. The minimum Gasteiger partial charge on any atom is -0.458 e. The first-order valence-electron chi connectivity index (χ1n) is 11.7. The molecule has 5 nitrogen and oxygen atoms in total. The molecule has 5 heteroatoms. The predicted molar refractivity (Wildman–Crippen MR) is 114 cm³/mol. The molecule has 163 valence electrons. The molecule has 4 aliphatic rings. The van der Waals surface area contributed by atoms with Gasteiger partial charge >= 0.3 is 5.97 Å². The number of carbonyl (C=O) groups excluding carboxylic acids is 1. The second kappa shape index (κ2) is 8.32. The number of hydrogen-bond donors (Lipinski definition) is 1. The van der Waals surface area contributed by atoms with Crippen LogP contribution in [0.15, 0.2) is 11.6 Å². The molecule has 6 atom stereocenters. The monoisotopic (exact) mass is 403 g/mol. The van der Waals surface area contributed by atoms with Gasteiger partial charge in [-0.1, -0.05) is 19.9 Å².